The fourth-order valence-corrected chi connectivity index (χ4v) is 2.21. The number of nitrogens with one attached hydrogen (secondary N) is 1. The number of likely N-dealkylation sites (N-methyl/N-ethyl adjacent to an activating group) is 1. The van der Waals surface area contributed by atoms with E-state index in [1.807, 2.05) is 0 Å². The monoisotopic (exact) mass is 302 g/mol. The number of hydrogen-bond donors (Lipinski definition) is 1. The van der Waals surface area contributed by atoms with Crippen LogP contribution in [-0.2, 0) is 4.74 Å². The molecule has 1 aliphatic heterocycles. The van der Waals surface area contributed by atoms with E-state index in [1.165, 1.54) is 4.90 Å². The Bertz CT molecular complexity index is 519. The van der Waals surface area contributed by atoms with E-state index >= 15 is 0 Å². The highest BCUT2D eigenvalue weighted by Crippen LogP contribution is 2.20. The number of benzene rings is 1. The Kier molecular flexibility index (Phi) is 5.06. The Balaban J connectivity index is 2.03. The number of carbonyl (C=O) groups is 1. The summed E-state index contributed by atoms with van der Waals surface area (Å²) in [6, 6.07) is 1.19. The lowest BCUT2D eigenvalue weighted by atomic mass is 10.2. The molecule has 0 radical (unpaired) electrons. The van der Waals surface area contributed by atoms with Crippen molar-refractivity contribution in [2.75, 3.05) is 25.0 Å². The van der Waals surface area contributed by atoms with Gasteiger partial charge in [-0.3, -0.25) is 0 Å². The van der Waals surface area contributed by atoms with Crippen molar-refractivity contribution >= 4 is 11.7 Å². The molecular formula is C14H17F3N2O2. The highest BCUT2D eigenvalue weighted by molar-refractivity contribution is 5.89. The Hall–Kier alpha value is -1.76. The molecule has 0 bridgehead atoms. The normalized spacial score (nSPS) is 17.8. The van der Waals surface area contributed by atoms with Crippen LogP contribution >= 0.6 is 0 Å². The van der Waals surface area contributed by atoms with Crippen LogP contribution in [0, 0.1) is 17.5 Å². The number of amides is 2. The number of hydrogen-bond acceptors (Lipinski definition) is 2. The summed E-state index contributed by atoms with van der Waals surface area (Å²) >= 11 is 0. The van der Waals surface area contributed by atoms with Gasteiger partial charge in [0.05, 0.1) is 11.8 Å². The van der Waals surface area contributed by atoms with Crippen molar-refractivity contribution in [2.45, 2.75) is 25.9 Å². The molecule has 1 heterocycles. The van der Waals surface area contributed by atoms with Gasteiger partial charge >= 0.3 is 6.03 Å². The van der Waals surface area contributed by atoms with E-state index in [0.717, 1.165) is 25.0 Å². The summed E-state index contributed by atoms with van der Waals surface area (Å²) in [6.07, 6.45) is 1.77. The molecule has 0 unspecified atom stereocenters. The van der Waals surface area contributed by atoms with Gasteiger partial charge in [0.2, 0.25) is 0 Å². The van der Waals surface area contributed by atoms with Crippen molar-refractivity contribution in [2.24, 2.45) is 0 Å². The lowest BCUT2D eigenvalue weighted by Crippen LogP contribution is -2.40. The summed E-state index contributed by atoms with van der Waals surface area (Å²) in [6.45, 7) is 3.22. The minimum absolute atomic E-state index is 0.0366. The van der Waals surface area contributed by atoms with E-state index in [4.69, 9.17) is 4.74 Å². The molecule has 2 amide bonds. The van der Waals surface area contributed by atoms with Crippen LogP contribution in [-0.4, -0.2) is 36.7 Å². The predicted octanol–water partition coefficient (Wildman–Crippen LogP) is 3.14. The van der Waals surface area contributed by atoms with Gasteiger partial charge in [-0.2, -0.15) is 0 Å². The Morgan fingerprint density at radius 3 is 2.76 bits per heavy atom. The third-order valence-electron chi connectivity index (χ3n) is 3.39. The zero-order valence-electron chi connectivity index (χ0n) is 11.7. The second kappa shape index (κ2) is 6.80. The highest BCUT2D eigenvalue weighted by atomic mass is 19.2. The van der Waals surface area contributed by atoms with Gasteiger partial charge in [-0.05, 0) is 31.9 Å². The SMILES string of the molecule is CCN(C[C@@H]1CCCO1)C(=O)Nc1ccc(F)c(F)c1F. The van der Waals surface area contributed by atoms with Gasteiger partial charge < -0.3 is 15.0 Å². The fraction of sp³-hybridized carbons (Fsp3) is 0.500. The third-order valence-corrected chi connectivity index (χ3v) is 3.39. The molecular weight excluding hydrogens is 285 g/mol. The van der Waals surface area contributed by atoms with Crippen molar-refractivity contribution in [1.82, 2.24) is 4.90 Å². The summed E-state index contributed by atoms with van der Waals surface area (Å²) in [5.41, 5.74) is -0.385. The van der Waals surface area contributed by atoms with Crippen molar-refractivity contribution in [3.63, 3.8) is 0 Å². The van der Waals surface area contributed by atoms with Crippen LogP contribution in [0.4, 0.5) is 23.7 Å². The van der Waals surface area contributed by atoms with Gasteiger partial charge in [0.25, 0.3) is 0 Å². The first-order valence-electron chi connectivity index (χ1n) is 6.84. The molecule has 7 heteroatoms. The third kappa shape index (κ3) is 3.66. The molecule has 0 saturated carbocycles. The van der Waals surface area contributed by atoms with E-state index < -0.39 is 23.5 Å². The van der Waals surface area contributed by atoms with E-state index in [9.17, 15) is 18.0 Å². The Labute approximate surface area is 120 Å². The van der Waals surface area contributed by atoms with Gasteiger partial charge in [0.15, 0.2) is 17.5 Å². The molecule has 4 nitrogen and oxygen atoms in total. The van der Waals surface area contributed by atoms with Gasteiger partial charge in [-0.25, -0.2) is 18.0 Å². The average molecular weight is 302 g/mol. The summed E-state index contributed by atoms with van der Waals surface area (Å²) in [4.78, 5) is 13.5. The number of urea groups is 1. The molecule has 1 N–H and O–H groups in total. The predicted molar refractivity (Wildman–Crippen MR) is 71.6 cm³/mol. The topological polar surface area (TPSA) is 41.6 Å². The van der Waals surface area contributed by atoms with Crippen LogP contribution in [0.1, 0.15) is 19.8 Å². The molecule has 2 rings (SSSR count). The molecule has 21 heavy (non-hydrogen) atoms. The van der Waals surface area contributed by atoms with Gasteiger partial charge in [0.1, 0.15) is 0 Å². The number of anilines is 1. The number of rotatable bonds is 4. The minimum Gasteiger partial charge on any atom is -0.376 e. The first-order valence-corrected chi connectivity index (χ1v) is 6.84. The van der Waals surface area contributed by atoms with Crippen LogP contribution < -0.4 is 5.32 Å². The van der Waals surface area contributed by atoms with E-state index in [-0.39, 0.29) is 11.8 Å². The van der Waals surface area contributed by atoms with E-state index in [2.05, 4.69) is 5.32 Å². The van der Waals surface area contributed by atoms with E-state index in [0.29, 0.717) is 19.7 Å². The van der Waals surface area contributed by atoms with Gasteiger partial charge in [0, 0.05) is 19.7 Å². The zero-order valence-corrected chi connectivity index (χ0v) is 11.7. The van der Waals surface area contributed by atoms with Crippen molar-refractivity contribution in [1.29, 1.82) is 0 Å². The highest BCUT2D eigenvalue weighted by Gasteiger charge is 2.23. The van der Waals surface area contributed by atoms with Crippen LogP contribution in [0.15, 0.2) is 12.1 Å². The summed E-state index contributed by atoms with van der Waals surface area (Å²) < 4.78 is 44.9. The molecule has 0 aromatic heterocycles. The van der Waals surface area contributed by atoms with Gasteiger partial charge in [-0.1, -0.05) is 0 Å². The molecule has 0 aliphatic carbocycles. The molecule has 1 aliphatic rings. The maximum absolute atomic E-state index is 13.5. The Morgan fingerprint density at radius 2 is 2.14 bits per heavy atom. The number of halogens is 3. The van der Waals surface area contributed by atoms with Gasteiger partial charge in [-0.15, -0.1) is 0 Å². The van der Waals surface area contributed by atoms with Crippen LogP contribution in [0.5, 0.6) is 0 Å². The summed E-state index contributed by atoms with van der Waals surface area (Å²) in [5, 5.41) is 2.25. The summed E-state index contributed by atoms with van der Waals surface area (Å²) in [5.74, 6) is -4.30. The smallest absolute Gasteiger partial charge is 0.322 e. The number of ether oxygens (including phenoxy) is 1. The lowest BCUT2D eigenvalue weighted by Gasteiger charge is -2.24. The second-order valence-corrected chi connectivity index (χ2v) is 4.83. The van der Waals surface area contributed by atoms with Crippen LogP contribution in [0.25, 0.3) is 0 Å². The fourth-order valence-electron chi connectivity index (χ4n) is 2.21. The average Bonchev–Trinajstić information content (AvgIpc) is 2.98. The molecule has 0 spiro atoms. The maximum Gasteiger partial charge on any atom is 0.322 e. The van der Waals surface area contributed by atoms with Crippen molar-refractivity contribution in [3.05, 3.63) is 29.6 Å². The zero-order chi connectivity index (χ0) is 15.4. The van der Waals surface area contributed by atoms with Crippen LogP contribution in [0.2, 0.25) is 0 Å². The maximum atomic E-state index is 13.5. The lowest BCUT2D eigenvalue weighted by molar-refractivity contribution is 0.0849. The quantitative estimate of drug-likeness (QED) is 0.868. The number of nitrogens with zero attached hydrogens (tertiary/aromatic N) is 1. The molecule has 1 aromatic rings. The van der Waals surface area contributed by atoms with E-state index in [1.54, 1.807) is 6.92 Å². The molecule has 1 atom stereocenters. The Morgan fingerprint density at radius 1 is 1.38 bits per heavy atom. The molecule has 1 saturated heterocycles. The first kappa shape index (κ1) is 15.6. The largest absolute Gasteiger partial charge is 0.376 e. The second-order valence-electron chi connectivity index (χ2n) is 4.83. The standard InChI is InChI=1S/C14H17F3N2O2/c1-2-19(8-9-4-3-7-21-9)14(20)18-11-6-5-10(15)12(16)13(11)17/h5-6,9H,2-4,7-8H2,1H3,(H,18,20)/t9-/m0/s1. The van der Waals surface area contributed by atoms with Crippen molar-refractivity contribution in [3.8, 4) is 0 Å². The first-order chi connectivity index (χ1) is 10.0. The number of carbonyl (C=O) groups excluding carboxylic acids is 1. The van der Waals surface area contributed by atoms with Crippen LogP contribution in [0.3, 0.4) is 0 Å². The summed E-state index contributed by atoms with van der Waals surface area (Å²) in [7, 11) is 0. The molecule has 116 valence electrons. The van der Waals surface area contributed by atoms with Crippen molar-refractivity contribution < 1.29 is 22.7 Å². The molecule has 1 aromatic carbocycles. The minimum atomic E-state index is -1.60. The molecule has 1 fully saturated rings.